The molecular formula is C10H21N3O2. The summed E-state index contributed by atoms with van der Waals surface area (Å²) in [6, 6.07) is 0.264. The van der Waals surface area contributed by atoms with Crippen molar-refractivity contribution in [3.63, 3.8) is 0 Å². The molecule has 4 N–H and O–H groups in total. The summed E-state index contributed by atoms with van der Waals surface area (Å²) in [5, 5.41) is 5.64. The van der Waals surface area contributed by atoms with Crippen molar-refractivity contribution in [3.05, 3.63) is 0 Å². The molecule has 0 aliphatic carbocycles. The SMILES string of the molecule is CC(C)NCC(=O)NCC(C)(C)C(N)=O. The number of rotatable bonds is 6. The molecule has 2 amide bonds. The quantitative estimate of drug-likeness (QED) is 0.564. The molecule has 0 aromatic carbocycles. The molecule has 5 heteroatoms. The molecule has 0 aliphatic rings. The summed E-state index contributed by atoms with van der Waals surface area (Å²) in [6.07, 6.45) is 0. The number of carbonyl (C=O) groups excluding carboxylic acids is 2. The Morgan fingerprint density at radius 3 is 2.27 bits per heavy atom. The third-order valence-corrected chi connectivity index (χ3v) is 2.07. The van der Waals surface area contributed by atoms with E-state index >= 15 is 0 Å². The minimum Gasteiger partial charge on any atom is -0.369 e. The van der Waals surface area contributed by atoms with Crippen LogP contribution in [0.1, 0.15) is 27.7 Å². The Labute approximate surface area is 90.8 Å². The van der Waals surface area contributed by atoms with Gasteiger partial charge in [-0.2, -0.15) is 0 Å². The van der Waals surface area contributed by atoms with Gasteiger partial charge in [-0.3, -0.25) is 9.59 Å². The van der Waals surface area contributed by atoms with E-state index in [1.807, 2.05) is 13.8 Å². The Kier molecular flexibility index (Phi) is 5.28. The average molecular weight is 215 g/mol. The Balaban J connectivity index is 3.85. The van der Waals surface area contributed by atoms with Crippen LogP contribution in [0.4, 0.5) is 0 Å². The summed E-state index contributed by atoms with van der Waals surface area (Å²) >= 11 is 0. The van der Waals surface area contributed by atoms with Gasteiger partial charge in [0.05, 0.1) is 12.0 Å². The molecule has 88 valence electrons. The number of amides is 2. The van der Waals surface area contributed by atoms with Gasteiger partial charge >= 0.3 is 0 Å². The van der Waals surface area contributed by atoms with Crippen molar-refractivity contribution in [1.82, 2.24) is 10.6 Å². The molecule has 0 aromatic heterocycles. The van der Waals surface area contributed by atoms with E-state index in [0.717, 1.165) is 0 Å². The molecule has 0 rings (SSSR count). The fourth-order valence-electron chi connectivity index (χ4n) is 0.766. The van der Waals surface area contributed by atoms with Crippen LogP contribution < -0.4 is 16.4 Å². The highest BCUT2D eigenvalue weighted by Gasteiger charge is 2.25. The minimum atomic E-state index is -0.701. The maximum atomic E-state index is 11.3. The van der Waals surface area contributed by atoms with E-state index in [-0.39, 0.29) is 25.0 Å². The molecule has 0 spiro atoms. The third kappa shape index (κ3) is 6.06. The van der Waals surface area contributed by atoms with Gasteiger partial charge in [0.1, 0.15) is 0 Å². The fourth-order valence-corrected chi connectivity index (χ4v) is 0.766. The lowest BCUT2D eigenvalue weighted by atomic mass is 9.93. The van der Waals surface area contributed by atoms with Gasteiger partial charge in [0, 0.05) is 12.6 Å². The van der Waals surface area contributed by atoms with Crippen LogP contribution in [0.15, 0.2) is 0 Å². The number of carbonyl (C=O) groups is 2. The van der Waals surface area contributed by atoms with Crippen LogP contribution >= 0.6 is 0 Å². The molecule has 5 nitrogen and oxygen atoms in total. The summed E-state index contributed by atoms with van der Waals surface area (Å²) in [5.74, 6) is -0.544. The highest BCUT2D eigenvalue weighted by molar-refractivity contribution is 5.82. The Bertz CT molecular complexity index is 237. The Morgan fingerprint density at radius 1 is 1.33 bits per heavy atom. The molecule has 0 radical (unpaired) electrons. The van der Waals surface area contributed by atoms with Gasteiger partial charge in [0.2, 0.25) is 11.8 Å². The molecule has 15 heavy (non-hydrogen) atoms. The number of nitrogens with one attached hydrogen (secondary N) is 2. The fraction of sp³-hybridized carbons (Fsp3) is 0.800. The van der Waals surface area contributed by atoms with Crippen molar-refractivity contribution in [2.24, 2.45) is 11.1 Å². The summed E-state index contributed by atoms with van der Waals surface area (Å²) < 4.78 is 0. The molecule has 0 aromatic rings. The van der Waals surface area contributed by atoms with Crippen molar-refractivity contribution in [1.29, 1.82) is 0 Å². The lowest BCUT2D eigenvalue weighted by Crippen LogP contribution is -2.45. The van der Waals surface area contributed by atoms with Crippen LogP contribution in [-0.4, -0.2) is 30.9 Å². The number of nitrogens with two attached hydrogens (primary N) is 1. The molecule has 0 aliphatic heterocycles. The lowest BCUT2D eigenvalue weighted by molar-refractivity contribution is -0.126. The first kappa shape index (κ1) is 13.9. The highest BCUT2D eigenvalue weighted by Crippen LogP contribution is 2.11. The van der Waals surface area contributed by atoms with E-state index in [1.54, 1.807) is 13.8 Å². The smallest absolute Gasteiger partial charge is 0.233 e. The first-order valence-electron chi connectivity index (χ1n) is 5.05. The van der Waals surface area contributed by atoms with E-state index in [4.69, 9.17) is 5.73 Å². The van der Waals surface area contributed by atoms with Crippen molar-refractivity contribution in [2.45, 2.75) is 33.7 Å². The van der Waals surface area contributed by atoms with Crippen LogP contribution in [0.25, 0.3) is 0 Å². The average Bonchev–Trinajstić information content (AvgIpc) is 2.11. The molecule has 0 fully saturated rings. The minimum absolute atomic E-state index is 0.127. The van der Waals surface area contributed by atoms with Gasteiger partial charge < -0.3 is 16.4 Å². The summed E-state index contributed by atoms with van der Waals surface area (Å²) in [7, 11) is 0. The van der Waals surface area contributed by atoms with Crippen LogP contribution in [0.3, 0.4) is 0 Å². The van der Waals surface area contributed by atoms with Gasteiger partial charge in [-0.25, -0.2) is 0 Å². The Morgan fingerprint density at radius 2 is 1.87 bits per heavy atom. The Hall–Kier alpha value is -1.10. The topological polar surface area (TPSA) is 84.2 Å². The lowest BCUT2D eigenvalue weighted by Gasteiger charge is -2.20. The maximum Gasteiger partial charge on any atom is 0.233 e. The molecular weight excluding hydrogens is 194 g/mol. The van der Waals surface area contributed by atoms with E-state index in [1.165, 1.54) is 0 Å². The molecule has 0 saturated carbocycles. The zero-order valence-electron chi connectivity index (χ0n) is 9.89. The summed E-state index contributed by atoms with van der Waals surface area (Å²) in [6.45, 7) is 7.84. The van der Waals surface area contributed by atoms with Gasteiger partial charge in [0.25, 0.3) is 0 Å². The van der Waals surface area contributed by atoms with Crippen LogP contribution in [0, 0.1) is 5.41 Å². The van der Waals surface area contributed by atoms with E-state index in [0.29, 0.717) is 0 Å². The van der Waals surface area contributed by atoms with Crippen LogP contribution in [0.5, 0.6) is 0 Å². The molecule has 0 bridgehead atoms. The molecule has 0 atom stereocenters. The largest absolute Gasteiger partial charge is 0.369 e. The van der Waals surface area contributed by atoms with E-state index in [2.05, 4.69) is 10.6 Å². The van der Waals surface area contributed by atoms with Crippen molar-refractivity contribution < 1.29 is 9.59 Å². The number of hydrogen-bond acceptors (Lipinski definition) is 3. The highest BCUT2D eigenvalue weighted by atomic mass is 16.2. The maximum absolute atomic E-state index is 11.3. The summed E-state index contributed by atoms with van der Waals surface area (Å²) in [5.41, 5.74) is 4.47. The normalized spacial score (nSPS) is 11.5. The van der Waals surface area contributed by atoms with Crippen molar-refractivity contribution >= 4 is 11.8 Å². The first-order chi connectivity index (χ1) is 6.75. The second-order valence-corrected chi connectivity index (χ2v) is 4.56. The molecule has 0 unspecified atom stereocenters. The van der Waals surface area contributed by atoms with Gasteiger partial charge in [-0.05, 0) is 13.8 Å². The third-order valence-electron chi connectivity index (χ3n) is 2.07. The van der Waals surface area contributed by atoms with E-state index < -0.39 is 11.3 Å². The zero-order valence-corrected chi connectivity index (χ0v) is 9.89. The second-order valence-electron chi connectivity index (χ2n) is 4.56. The standard InChI is InChI=1S/C10H21N3O2/c1-7(2)12-5-8(14)13-6-10(3,4)9(11)15/h7,12H,5-6H2,1-4H3,(H2,11,15)(H,13,14). The molecule has 0 heterocycles. The van der Waals surface area contributed by atoms with Gasteiger partial charge in [-0.15, -0.1) is 0 Å². The first-order valence-corrected chi connectivity index (χ1v) is 5.05. The summed E-state index contributed by atoms with van der Waals surface area (Å²) in [4.78, 5) is 22.2. The number of hydrogen-bond donors (Lipinski definition) is 3. The monoisotopic (exact) mass is 215 g/mol. The van der Waals surface area contributed by atoms with Gasteiger partial charge in [-0.1, -0.05) is 13.8 Å². The van der Waals surface area contributed by atoms with Crippen molar-refractivity contribution in [3.8, 4) is 0 Å². The van der Waals surface area contributed by atoms with Crippen LogP contribution in [0.2, 0.25) is 0 Å². The molecule has 0 saturated heterocycles. The van der Waals surface area contributed by atoms with Gasteiger partial charge in [0.15, 0.2) is 0 Å². The van der Waals surface area contributed by atoms with E-state index in [9.17, 15) is 9.59 Å². The predicted octanol–water partition coefficient (Wildman–Crippen LogP) is -0.388. The second kappa shape index (κ2) is 5.70. The zero-order chi connectivity index (χ0) is 12.1. The van der Waals surface area contributed by atoms with Crippen LogP contribution in [-0.2, 0) is 9.59 Å². The number of primary amides is 1. The van der Waals surface area contributed by atoms with Crippen molar-refractivity contribution in [2.75, 3.05) is 13.1 Å². The predicted molar refractivity (Wildman–Crippen MR) is 59.1 cm³/mol.